The van der Waals surface area contributed by atoms with E-state index in [1.807, 2.05) is 0 Å². The van der Waals surface area contributed by atoms with Crippen LogP contribution < -0.4 is 0 Å². The van der Waals surface area contributed by atoms with Gasteiger partial charge in [0.2, 0.25) is 0 Å². The summed E-state index contributed by atoms with van der Waals surface area (Å²) < 4.78 is 0. The van der Waals surface area contributed by atoms with Gasteiger partial charge in [0.25, 0.3) is 0 Å². The van der Waals surface area contributed by atoms with Crippen LogP contribution in [0.2, 0.25) is 0 Å². The van der Waals surface area contributed by atoms with E-state index >= 15 is 0 Å². The van der Waals surface area contributed by atoms with Gasteiger partial charge in [0.05, 0.1) is 0 Å². The van der Waals surface area contributed by atoms with Crippen molar-refractivity contribution >= 4 is 0 Å². The van der Waals surface area contributed by atoms with E-state index in [9.17, 15) is 0 Å². The van der Waals surface area contributed by atoms with E-state index in [4.69, 9.17) is 6.58 Å². The van der Waals surface area contributed by atoms with Gasteiger partial charge in [0, 0.05) is 0 Å². The van der Waals surface area contributed by atoms with E-state index in [1.165, 1.54) is 12.8 Å². The van der Waals surface area contributed by atoms with Crippen LogP contribution in [0, 0.1) is 19.9 Å². The van der Waals surface area contributed by atoms with Crippen molar-refractivity contribution < 1.29 is 19.5 Å². The first-order chi connectivity index (χ1) is 2.43. The average molecular weight is 148 g/mol. The number of hydrogen-bond acceptors (Lipinski definition) is 0. The van der Waals surface area contributed by atoms with Crippen LogP contribution in [0.1, 0.15) is 12.8 Å². The second-order valence-corrected chi connectivity index (χ2v) is 1.53. The van der Waals surface area contributed by atoms with Gasteiger partial charge in [-0.25, -0.2) is 0 Å². The molecule has 36 valence electrons. The molecule has 0 amide bonds. The third kappa shape index (κ3) is 4.21. The summed E-state index contributed by atoms with van der Waals surface area (Å²) >= 11 is 0. The molecular formula is C6H10Zn. The predicted molar refractivity (Wildman–Crippen MR) is 28.0 cm³/mol. The minimum Gasteiger partial charge on any atom is -0.518 e. The van der Waals surface area contributed by atoms with E-state index in [2.05, 4.69) is 0 Å². The van der Waals surface area contributed by atoms with Gasteiger partial charge in [0.15, 0.2) is 0 Å². The zero-order chi connectivity index (χ0) is 3.70. The van der Waals surface area contributed by atoms with Gasteiger partial charge in [-0.3, -0.25) is 6.08 Å². The molecule has 0 aliphatic heterocycles. The molecule has 7 heavy (non-hydrogen) atoms. The van der Waals surface area contributed by atoms with Crippen LogP contribution in [0.3, 0.4) is 0 Å². The van der Waals surface area contributed by atoms with Crippen LogP contribution in [0.15, 0.2) is 6.08 Å². The molecule has 0 nitrogen and oxygen atoms in total. The Kier molecular flexibility index (Phi) is 6.69. The molecule has 0 aromatic rings. The quantitative estimate of drug-likeness (QED) is 0.392. The molecular weight excluding hydrogens is 137 g/mol. The Balaban J connectivity index is 0. The molecule has 0 radical (unpaired) electrons. The van der Waals surface area contributed by atoms with Crippen molar-refractivity contribution in [2.45, 2.75) is 12.8 Å². The molecule has 1 aliphatic carbocycles. The molecule has 1 fully saturated rings. The summed E-state index contributed by atoms with van der Waals surface area (Å²) in [5.74, 6) is 0.787. The molecule has 1 aliphatic rings. The summed E-state index contributed by atoms with van der Waals surface area (Å²) in [5.41, 5.74) is 0. The van der Waals surface area contributed by atoms with Gasteiger partial charge < -0.3 is 14.0 Å². The molecule has 1 rings (SSSR count). The summed E-state index contributed by atoms with van der Waals surface area (Å²) in [5, 5.41) is 0. The zero-order valence-corrected chi connectivity index (χ0v) is 7.82. The number of allylic oxidation sites excluding steroid dienone is 1. The third-order valence-corrected chi connectivity index (χ3v) is 0.894. The van der Waals surface area contributed by atoms with Crippen LogP contribution in [-0.4, -0.2) is 0 Å². The summed E-state index contributed by atoms with van der Waals surface area (Å²) in [6, 6.07) is 0. The molecule has 1 heteroatoms. The van der Waals surface area contributed by atoms with Gasteiger partial charge in [-0.1, -0.05) is 5.92 Å². The monoisotopic (exact) mass is 146 g/mol. The first-order valence-corrected chi connectivity index (χ1v) is 1.98. The van der Waals surface area contributed by atoms with Gasteiger partial charge in [-0.05, 0) is 12.8 Å². The number of hydrogen-bond donors (Lipinski definition) is 0. The molecule has 0 atom stereocenters. The summed E-state index contributed by atoms with van der Waals surface area (Å²) in [7, 11) is 0. The third-order valence-electron chi connectivity index (χ3n) is 0.894. The van der Waals surface area contributed by atoms with Crippen molar-refractivity contribution in [3.05, 3.63) is 20.1 Å². The molecule has 0 aromatic carbocycles. The van der Waals surface area contributed by atoms with Crippen LogP contribution in [0.25, 0.3) is 0 Å². The van der Waals surface area contributed by atoms with Crippen LogP contribution in [0.4, 0.5) is 0 Å². The minimum atomic E-state index is 0. The van der Waals surface area contributed by atoms with Gasteiger partial charge in [0.1, 0.15) is 0 Å². The standard InChI is InChI=1S/C5H7.CH3.Zn/c1-2-5-3-4-5;;/h1-2,5H,3-4H2;1H3;/q2*-1;+2. The number of rotatable bonds is 1. The Morgan fingerprint density at radius 3 is 1.86 bits per heavy atom. The minimum absolute atomic E-state index is 0. The molecule has 0 spiro atoms. The van der Waals surface area contributed by atoms with Crippen LogP contribution in [0.5, 0.6) is 0 Å². The maximum absolute atomic E-state index is 5.11. The van der Waals surface area contributed by atoms with Crippen LogP contribution in [-0.2, 0) is 19.5 Å². The van der Waals surface area contributed by atoms with Crippen molar-refractivity contribution in [1.29, 1.82) is 0 Å². The smallest absolute Gasteiger partial charge is 0.518 e. The first kappa shape index (κ1) is 10.4. The van der Waals surface area contributed by atoms with Gasteiger partial charge >= 0.3 is 19.5 Å². The van der Waals surface area contributed by atoms with Crippen LogP contribution >= 0.6 is 0 Å². The maximum atomic E-state index is 5.11. The maximum Gasteiger partial charge on any atom is 2.00 e. The van der Waals surface area contributed by atoms with Gasteiger partial charge in [-0.15, -0.1) is 0 Å². The summed E-state index contributed by atoms with van der Waals surface area (Å²) in [6.07, 6.45) is 4.44. The molecule has 0 N–H and O–H groups in total. The zero-order valence-electron chi connectivity index (χ0n) is 4.85. The van der Waals surface area contributed by atoms with E-state index in [1.54, 1.807) is 6.08 Å². The van der Waals surface area contributed by atoms with Crippen molar-refractivity contribution in [2.75, 3.05) is 0 Å². The average Bonchev–Trinajstić information content (AvgIpc) is 2.12. The fraction of sp³-hybridized carbons (Fsp3) is 0.500. The van der Waals surface area contributed by atoms with E-state index < -0.39 is 0 Å². The van der Waals surface area contributed by atoms with E-state index in [0.29, 0.717) is 0 Å². The second-order valence-electron chi connectivity index (χ2n) is 1.53. The summed E-state index contributed by atoms with van der Waals surface area (Å²) in [6.45, 7) is 5.11. The van der Waals surface area contributed by atoms with E-state index in [0.717, 1.165) is 5.92 Å². The Morgan fingerprint density at radius 1 is 1.43 bits per heavy atom. The Labute approximate surface area is 58.8 Å². The fourth-order valence-corrected chi connectivity index (χ4v) is 0.289. The topological polar surface area (TPSA) is 0 Å². The molecule has 0 saturated heterocycles. The van der Waals surface area contributed by atoms with Crippen molar-refractivity contribution in [2.24, 2.45) is 5.92 Å². The van der Waals surface area contributed by atoms with Crippen molar-refractivity contribution in [1.82, 2.24) is 0 Å². The SMILES string of the molecule is [CH-]=CC1CC1.[CH3-].[Zn+2]. The molecule has 0 heterocycles. The Bertz CT molecular complexity index is 46.1. The normalized spacial score (nSPS) is 16.0. The molecule has 1 saturated carbocycles. The second kappa shape index (κ2) is 4.52. The Hall–Kier alpha value is 0.363. The largest absolute Gasteiger partial charge is 2.00 e. The predicted octanol–water partition coefficient (Wildman–Crippen LogP) is 1.83. The Morgan fingerprint density at radius 2 is 1.86 bits per heavy atom. The first-order valence-electron chi connectivity index (χ1n) is 1.98. The fourth-order valence-electron chi connectivity index (χ4n) is 0.289. The van der Waals surface area contributed by atoms with Gasteiger partial charge in [-0.2, -0.15) is 0 Å². The van der Waals surface area contributed by atoms with Crippen molar-refractivity contribution in [3.63, 3.8) is 0 Å². The van der Waals surface area contributed by atoms with E-state index in [-0.39, 0.29) is 26.9 Å². The summed E-state index contributed by atoms with van der Waals surface area (Å²) in [4.78, 5) is 0. The molecule has 0 unspecified atom stereocenters. The molecule has 0 bridgehead atoms. The van der Waals surface area contributed by atoms with Crippen molar-refractivity contribution in [3.8, 4) is 0 Å². The molecule has 0 aromatic heterocycles.